The van der Waals surface area contributed by atoms with Crippen molar-refractivity contribution < 1.29 is 13.2 Å². The molecule has 0 atom stereocenters. The fourth-order valence-corrected chi connectivity index (χ4v) is 5.70. The molecule has 2 rings (SSSR count). The molecule has 1 amide bonds. The third-order valence-electron chi connectivity index (χ3n) is 4.19. The second-order valence-electron chi connectivity index (χ2n) is 5.74. The van der Waals surface area contributed by atoms with Crippen molar-refractivity contribution in [3.05, 3.63) is 28.2 Å². The molecule has 0 saturated carbocycles. The average molecular weight is 440 g/mol. The number of benzene rings is 1. The zero-order valence-corrected chi connectivity index (χ0v) is 18.0. The van der Waals surface area contributed by atoms with Gasteiger partial charge in [-0.1, -0.05) is 37.0 Å². The van der Waals surface area contributed by atoms with Crippen LogP contribution < -0.4 is 0 Å². The molecule has 10 heteroatoms. The largest absolute Gasteiger partial charge is 0.339 e. The summed E-state index contributed by atoms with van der Waals surface area (Å²) in [5, 5.41) is 1.13. The second-order valence-corrected chi connectivity index (χ2v) is 9.52. The van der Waals surface area contributed by atoms with Crippen LogP contribution in [0.1, 0.15) is 13.8 Å². The topological polar surface area (TPSA) is 60.9 Å². The van der Waals surface area contributed by atoms with Crippen LogP contribution in [0.5, 0.6) is 0 Å². The predicted octanol–water partition coefficient (Wildman–Crippen LogP) is 2.82. The van der Waals surface area contributed by atoms with Gasteiger partial charge in [-0.2, -0.15) is 17.0 Å². The van der Waals surface area contributed by atoms with Crippen molar-refractivity contribution in [1.29, 1.82) is 0 Å². The second kappa shape index (κ2) is 9.61. The van der Waals surface area contributed by atoms with Gasteiger partial charge in [0.1, 0.15) is 0 Å². The number of nitrogens with zero attached hydrogens (tertiary/aromatic N) is 3. The third-order valence-corrected chi connectivity index (χ3v) is 8.10. The first kappa shape index (κ1) is 21.8. The third kappa shape index (κ3) is 5.27. The molecule has 0 bridgehead atoms. The monoisotopic (exact) mass is 439 g/mol. The van der Waals surface area contributed by atoms with E-state index in [0.29, 0.717) is 49.3 Å². The quantitative estimate of drug-likeness (QED) is 0.612. The maximum atomic E-state index is 12.5. The molecule has 0 unspecified atom stereocenters. The van der Waals surface area contributed by atoms with E-state index in [1.165, 1.54) is 20.4 Å². The number of thioether (sulfide) groups is 1. The minimum absolute atomic E-state index is 0.0362. The summed E-state index contributed by atoms with van der Waals surface area (Å²) in [6.45, 7) is 5.93. The maximum absolute atomic E-state index is 12.5. The lowest BCUT2D eigenvalue weighted by Crippen LogP contribution is -2.54. The van der Waals surface area contributed by atoms with Gasteiger partial charge in [-0.15, -0.1) is 11.8 Å². The number of carbonyl (C=O) groups excluding carboxylic acids is 1. The standard InChI is InChI=1S/C16H23Cl2N3O3S2/c1-3-20(4-2)26(23,24)21-9-7-19(8-10-21)16(22)12-25-15-11-13(17)5-6-14(15)18/h5-6,11H,3-4,7-10,12H2,1-2H3. The molecule has 1 aliphatic heterocycles. The van der Waals surface area contributed by atoms with Crippen LogP contribution in [-0.4, -0.2) is 72.9 Å². The predicted molar refractivity (Wildman–Crippen MR) is 107 cm³/mol. The molecular weight excluding hydrogens is 417 g/mol. The molecule has 1 fully saturated rings. The lowest BCUT2D eigenvalue weighted by Gasteiger charge is -2.36. The summed E-state index contributed by atoms with van der Waals surface area (Å²) in [5.41, 5.74) is 0. The summed E-state index contributed by atoms with van der Waals surface area (Å²) in [5.74, 6) is 0.203. The zero-order chi connectivity index (χ0) is 19.3. The highest BCUT2D eigenvalue weighted by atomic mass is 35.5. The average Bonchev–Trinajstić information content (AvgIpc) is 2.63. The van der Waals surface area contributed by atoms with E-state index < -0.39 is 10.2 Å². The SMILES string of the molecule is CCN(CC)S(=O)(=O)N1CCN(C(=O)CSc2cc(Cl)ccc2Cl)CC1. The van der Waals surface area contributed by atoms with Crippen LogP contribution in [0.2, 0.25) is 10.0 Å². The molecule has 0 radical (unpaired) electrons. The van der Waals surface area contributed by atoms with Crippen molar-refractivity contribution in [2.45, 2.75) is 18.7 Å². The van der Waals surface area contributed by atoms with E-state index in [4.69, 9.17) is 23.2 Å². The van der Waals surface area contributed by atoms with Crippen LogP contribution in [0.4, 0.5) is 0 Å². The fraction of sp³-hybridized carbons (Fsp3) is 0.562. The molecule has 0 aromatic heterocycles. The Labute approximate surface area is 169 Å². The molecule has 0 aliphatic carbocycles. The molecule has 0 N–H and O–H groups in total. The summed E-state index contributed by atoms with van der Waals surface area (Å²) in [6, 6.07) is 5.13. The van der Waals surface area contributed by atoms with Crippen LogP contribution in [-0.2, 0) is 15.0 Å². The maximum Gasteiger partial charge on any atom is 0.282 e. The van der Waals surface area contributed by atoms with Gasteiger partial charge in [-0.3, -0.25) is 4.79 Å². The number of piperazine rings is 1. The van der Waals surface area contributed by atoms with Gasteiger partial charge in [0.05, 0.1) is 10.8 Å². The Hall–Kier alpha value is -0.510. The van der Waals surface area contributed by atoms with E-state index in [9.17, 15) is 13.2 Å². The number of hydrogen-bond acceptors (Lipinski definition) is 4. The Morgan fingerprint density at radius 3 is 2.35 bits per heavy atom. The first-order chi connectivity index (χ1) is 12.3. The molecule has 6 nitrogen and oxygen atoms in total. The highest BCUT2D eigenvalue weighted by Crippen LogP contribution is 2.30. The summed E-state index contributed by atoms with van der Waals surface area (Å²) < 4.78 is 27.9. The number of halogens is 2. The van der Waals surface area contributed by atoms with Crippen molar-refractivity contribution in [3.8, 4) is 0 Å². The summed E-state index contributed by atoms with van der Waals surface area (Å²) in [4.78, 5) is 14.9. The normalized spacial score (nSPS) is 16.3. The van der Waals surface area contributed by atoms with E-state index in [1.54, 1.807) is 23.1 Å². The van der Waals surface area contributed by atoms with E-state index in [-0.39, 0.29) is 11.7 Å². The molecular formula is C16H23Cl2N3O3S2. The van der Waals surface area contributed by atoms with Crippen LogP contribution in [0.3, 0.4) is 0 Å². The van der Waals surface area contributed by atoms with Crippen LogP contribution >= 0.6 is 35.0 Å². The molecule has 146 valence electrons. The molecule has 26 heavy (non-hydrogen) atoms. The Kier molecular flexibility index (Phi) is 8.06. The Morgan fingerprint density at radius 1 is 1.15 bits per heavy atom. The Bertz CT molecular complexity index is 734. The minimum Gasteiger partial charge on any atom is -0.339 e. The lowest BCUT2D eigenvalue weighted by molar-refractivity contribution is -0.129. The van der Waals surface area contributed by atoms with Crippen molar-refractivity contribution in [1.82, 2.24) is 13.5 Å². The van der Waals surface area contributed by atoms with Crippen LogP contribution in [0, 0.1) is 0 Å². The van der Waals surface area contributed by atoms with Gasteiger partial charge >= 0.3 is 0 Å². The van der Waals surface area contributed by atoms with Crippen molar-refractivity contribution in [2.75, 3.05) is 45.0 Å². The van der Waals surface area contributed by atoms with Gasteiger partial charge in [-0.25, -0.2) is 0 Å². The molecule has 1 aromatic rings. The summed E-state index contributed by atoms with van der Waals surface area (Å²) >= 11 is 13.4. The van der Waals surface area contributed by atoms with E-state index in [0.717, 1.165) is 4.90 Å². The van der Waals surface area contributed by atoms with Crippen LogP contribution in [0.25, 0.3) is 0 Å². The summed E-state index contributed by atoms with van der Waals surface area (Å²) in [7, 11) is -3.45. The van der Waals surface area contributed by atoms with Gasteiger partial charge in [0.25, 0.3) is 10.2 Å². The first-order valence-corrected chi connectivity index (χ1v) is 11.5. The fourth-order valence-electron chi connectivity index (χ4n) is 2.70. The van der Waals surface area contributed by atoms with Crippen molar-refractivity contribution in [2.24, 2.45) is 0 Å². The number of hydrogen-bond donors (Lipinski definition) is 0. The molecule has 1 heterocycles. The molecule has 1 aromatic carbocycles. The first-order valence-electron chi connectivity index (χ1n) is 8.40. The van der Waals surface area contributed by atoms with Crippen molar-refractivity contribution >= 4 is 51.1 Å². The highest BCUT2D eigenvalue weighted by Gasteiger charge is 2.31. The molecule has 1 saturated heterocycles. The number of rotatable bonds is 7. The van der Waals surface area contributed by atoms with E-state index in [2.05, 4.69) is 0 Å². The van der Waals surface area contributed by atoms with E-state index >= 15 is 0 Å². The number of amides is 1. The van der Waals surface area contributed by atoms with Crippen LogP contribution in [0.15, 0.2) is 23.1 Å². The van der Waals surface area contributed by atoms with Gasteiger partial charge < -0.3 is 4.90 Å². The van der Waals surface area contributed by atoms with Gasteiger partial charge in [0, 0.05) is 49.2 Å². The highest BCUT2D eigenvalue weighted by molar-refractivity contribution is 8.00. The minimum atomic E-state index is -3.45. The molecule has 1 aliphatic rings. The van der Waals surface area contributed by atoms with Crippen molar-refractivity contribution in [3.63, 3.8) is 0 Å². The Morgan fingerprint density at radius 2 is 1.77 bits per heavy atom. The summed E-state index contributed by atoms with van der Waals surface area (Å²) in [6.07, 6.45) is 0. The zero-order valence-electron chi connectivity index (χ0n) is 14.8. The van der Waals surface area contributed by atoms with Gasteiger partial charge in [-0.05, 0) is 18.2 Å². The smallest absolute Gasteiger partial charge is 0.282 e. The Balaban J connectivity index is 1.89. The van der Waals surface area contributed by atoms with Gasteiger partial charge in [0.15, 0.2) is 0 Å². The number of carbonyl (C=O) groups is 1. The van der Waals surface area contributed by atoms with Gasteiger partial charge in [0.2, 0.25) is 5.91 Å². The van der Waals surface area contributed by atoms with E-state index in [1.807, 2.05) is 13.8 Å². The molecule has 0 spiro atoms. The lowest BCUT2D eigenvalue weighted by atomic mass is 10.3.